The molecule has 2 aromatic rings. The smallest absolute Gasteiger partial charge is 0.0208 e. The van der Waals surface area contributed by atoms with Gasteiger partial charge in [-0.2, -0.15) is 0 Å². The van der Waals surface area contributed by atoms with Crippen molar-refractivity contribution in [1.29, 1.82) is 0 Å². The lowest BCUT2D eigenvalue weighted by Crippen LogP contribution is -2.39. The van der Waals surface area contributed by atoms with Crippen LogP contribution >= 0.6 is 11.3 Å². The first-order chi connectivity index (χ1) is 10.2. The van der Waals surface area contributed by atoms with Crippen LogP contribution in [0, 0.1) is 0 Å². The van der Waals surface area contributed by atoms with E-state index in [0.717, 1.165) is 26.1 Å². The van der Waals surface area contributed by atoms with Gasteiger partial charge >= 0.3 is 0 Å². The summed E-state index contributed by atoms with van der Waals surface area (Å²) in [5.74, 6) is 0.603. The van der Waals surface area contributed by atoms with Gasteiger partial charge in [0.25, 0.3) is 0 Å². The molecule has 0 saturated carbocycles. The molecule has 1 aliphatic heterocycles. The lowest BCUT2D eigenvalue weighted by Gasteiger charge is -2.32. The van der Waals surface area contributed by atoms with Crippen molar-refractivity contribution < 1.29 is 0 Å². The molecule has 0 spiro atoms. The first kappa shape index (κ1) is 14.8. The maximum Gasteiger partial charge on any atom is 0.0208 e. The third-order valence-corrected chi connectivity index (χ3v) is 5.44. The maximum atomic E-state index is 3.56. The van der Waals surface area contributed by atoms with Crippen molar-refractivity contribution in [2.45, 2.75) is 31.8 Å². The highest BCUT2D eigenvalue weighted by Gasteiger charge is 2.22. The summed E-state index contributed by atoms with van der Waals surface area (Å²) in [6.45, 7) is 5.56. The van der Waals surface area contributed by atoms with Crippen molar-refractivity contribution >= 4 is 11.3 Å². The number of hydrogen-bond acceptors (Lipinski definition) is 3. The lowest BCUT2D eigenvalue weighted by atomic mass is 9.90. The molecule has 2 nitrogen and oxygen atoms in total. The third-order valence-electron chi connectivity index (χ3n) is 4.54. The van der Waals surface area contributed by atoms with Crippen LogP contribution in [0.15, 0.2) is 41.8 Å². The zero-order valence-electron chi connectivity index (χ0n) is 12.9. The Bertz CT molecular complexity index is 564. The quantitative estimate of drug-likeness (QED) is 0.909. The van der Waals surface area contributed by atoms with Gasteiger partial charge in [-0.25, -0.2) is 0 Å². The normalized spacial score (nSPS) is 19.5. The molecule has 112 valence electrons. The highest BCUT2D eigenvalue weighted by atomic mass is 32.1. The van der Waals surface area contributed by atoms with E-state index in [1.54, 1.807) is 0 Å². The maximum absolute atomic E-state index is 3.56. The van der Waals surface area contributed by atoms with Crippen LogP contribution in [0.3, 0.4) is 0 Å². The molecule has 2 unspecified atom stereocenters. The molecule has 0 aliphatic carbocycles. The molecule has 1 aromatic carbocycles. The topological polar surface area (TPSA) is 15.3 Å². The van der Waals surface area contributed by atoms with Crippen LogP contribution in [0.25, 0.3) is 0 Å². The Morgan fingerprint density at radius 3 is 2.95 bits per heavy atom. The summed E-state index contributed by atoms with van der Waals surface area (Å²) in [5, 5.41) is 5.73. The molecular weight excluding hydrogens is 276 g/mol. The second kappa shape index (κ2) is 6.73. The summed E-state index contributed by atoms with van der Waals surface area (Å²) >= 11 is 1.86. The number of thiophene rings is 1. The molecule has 0 saturated heterocycles. The molecule has 2 atom stereocenters. The molecule has 3 heteroatoms. The first-order valence-electron chi connectivity index (χ1n) is 7.75. The molecular formula is C18H24N2S. The monoisotopic (exact) mass is 300 g/mol. The predicted molar refractivity (Wildman–Crippen MR) is 91.0 cm³/mol. The largest absolute Gasteiger partial charge is 0.312 e. The summed E-state index contributed by atoms with van der Waals surface area (Å²) in [7, 11) is 2.26. The molecule has 0 radical (unpaired) electrons. The van der Waals surface area contributed by atoms with E-state index in [4.69, 9.17) is 0 Å². The molecule has 21 heavy (non-hydrogen) atoms. The van der Waals surface area contributed by atoms with Crippen LogP contribution in [0.1, 0.15) is 28.8 Å². The lowest BCUT2D eigenvalue weighted by molar-refractivity contribution is 0.236. The molecule has 0 amide bonds. The molecule has 0 fully saturated rings. The number of rotatable bonds is 5. The summed E-state index contributed by atoms with van der Waals surface area (Å²) in [4.78, 5) is 3.99. The predicted octanol–water partition coefficient (Wildman–Crippen LogP) is 3.50. The fourth-order valence-corrected chi connectivity index (χ4v) is 3.98. The molecule has 1 N–H and O–H groups in total. The van der Waals surface area contributed by atoms with Crippen LogP contribution in [0.5, 0.6) is 0 Å². The molecule has 1 aromatic heterocycles. The SMILES string of the molecule is CC(Cc1cccs1)N(C)CC1CNCc2ccccc21. The van der Waals surface area contributed by atoms with Crippen molar-refractivity contribution in [3.8, 4) is 0 Å². The number of benzene rings is 1. The van der Waals surface area contributed by atoms with E-state index in [-0.39, 0.29) is 0 Å². The minimum Gasteiger partial charge on any atom is -0.312 e. The van der Waals surface area contributed by atoms with Gasteiger partial charge in [-0.1, -0.05) is 30.3 Å². The molecule has 0 bridgehead atoms. The van der Waals surface area contributed by atoms with E-state index >= 15 is 0 Å². The minimum atomic E-state index is 0.581. The summed E-state index contributed by atoms with van der Waals surface area (Å²) in [6, 6.07) is 13.8. The Morgan fingerprint density at radius 2 is 2.14 bits per heavy atom. The second-order valence-electron chi connectivity index (χ2n) is 6.10. The Hall–Kier alpha value is -1.16. The number of nitrogens with zero attached hydrogens (tertiary/aromatic N) is 1. The Labute approximate surface area is 131 Å². The Morgan fingerprint density at radius 1 is 1.29 bits per heavy atom. The number of likely N-dealkylation sites (N-methyl/N-ethyl adjacent to an activating group) is 1. The molecule has 1 aliphatic rings. The van der Waals surface area contributed by atoms with Gasteiger partial charge in [0.15, 0.2) is 0 Å². The van der Waals surface area contributed by atoms with Crippen LogP contribution in [0.2, 0.25) is 0 Å². The van der Waals surface area contributed by atoms with Crippen LogP contribution in [-0.2, 0) is 13.0 Å². The summed E-state index contributed by atoms with van der Waals surface area (Å²) < 4.78 is 0. The van der Waals surface area contributed by atoms with E-state index in [1.807, 2.05) is 11.3 Å². The third kappa shape index (κ3) is 3.54. The van der Waals surface area contributed by atoms with E-state index in [2.05, 4.69) is 66.0 Å². The van der Waals surface area contributed by atoms with Gasteiger partial charge in [-0.3, -0.25) is 0 Å². The van der Waals surface area contributed by atoms with Crippen LogP contribution in [-0.4, -0.2) is 31.1 Å². The average Bonchev–Trinajstić information content (AvgIpc) is 3.00. The van der Waals surface area contributed by atoms with Crippen LogP contribution < -0.4 is 5.32 Å². The fourth-order valence-electron chi connectivity index (χ4n) is 3.15. The van der Waals surface area contributed by atoms with Gasteiger partial charge in [0.1, 0.15) is 0 Å². The Kier molecular flexibility index (Phi) is 4.73. The van der Waals surface area contributed by atoms with Gasteiger partial charge in [0, 0.05) is 36.5 Å². The van der Waals surface area contributed by atoms with Crippen molar-refractivity contribution in [1.82, 2.24) is 10.2 Å². The van der Waals surface area contributed by atoms with Gasteiger partial charge in [0.2, 0.25) is 0 Å². The van der Waals surface area contributed by atoms with E-state index in [9.17, 15) is 0 Å². The fraction of sp³-hybridized carbons (Fsp3) is 0.444. The van der Waals surface area contributed by atoms with E-state index in [0.29, 0.717) is 12.0 Å². The van der Waals surface area contributed by atoms with Gasteiger partial charge in [-0.05, 0) is 43.0 Å². The number of fused-ring (bicyclic) bond motifs is 1. The first-order valence-corrected chi connectivity index (χ1v) is 8.63. The van der Waals surface area contributed by atoms with Gasteiger partial charge in [0.05, 0.1) is 0 Å². The average molecular weight is 300 g/mol. The molecule has 2 heterocycles. The van der Waals surface area contributed by atoms with Crippen molar-refractivity contribution in [2.75, 3.05) is 20.1 Å². The zero-order chi connectivity index (χ0) is 14.7. The van der Waals surface area contributed by atoms with Gasteiger partial charge < -0.3 is 10.2 Å². The second-order valence-corrected chi connectivity index (χ2v) is 7.13. The number of hydrogen-bond donors (Lipinski definition) is 1. The molecule has 3 rings (SSSR count). The van der Waals surface area contributed by atoms with Gasteiger partial charge in [-0.15, -0.1) is 11.3 Å². The minimum absolute atomic E-state index is 0.581. The highest BCUT2D eigenvalue weighted by molar-refractivity contribution is 7.09. The summed E-state index contributed by atoms with van der Waals surface area (Å²) in [6.07, 6.45) is 1.15. The van der Waals surface area contributed by atoms with Crippen molar-refractivity contribution in [3.05, 3.63) is 57.8 Å². The zero-order valence-corrected chi connectivity index (χ0v) is 13.7. The number of nitrogens with one attached hydrogen (secondary N) is 1. The van der Waals surface area contributed by atoms with Crippen LogP contribution in [0.4, 0.5) is 0 Å². The van der Waals surface area contributed by atoms with E-state index in [1.165, 1.54) is 16.0 Å². The van der Waals surface area contributed by atoms with E-state index < -0.39 is 0 Å². The highest BCUT2D eigenvalue weighted by Crippen LogP contribution is 2.25. The summed E-state index contributed by atoms with van der Waals surface area (Å²) in [5.41, 5.74) is 3.00. The standard InChI is InChI=1S/C18H24N2S/c1-14(10-17-7-5-9-21-17)20(2)13-16-12-19-11-15-6-3-4-8-18(15)16/h3-9,14,16,19H,10-13H2,1-2H3. The Balaban J connectivity index is 1.64. The van der Waals surface area contributed by atoms with Crippen molar-refractivity contribution in [3.63, 3.8) is 0 Å². The van der Waals surface area contributed by atoms with Crippen molar-refractivity contribution in [2.24, 2.45) is 0 Å².